The molecule has 0 aromatic rings. The third kappa shape index (κ3) is 5.31. The normalized spacial score (nSPS) is 13.7. The van der Waals surface area contributed by atoms with E-state index in [1.807, 2.05) is 0 Å². The molecule has 7 N–H and O–H groups in total. The molecule has 0 aromatic carbocycles. The number of carbonyl (C=O) groups is 3. The van der Waals surface area contributed by atoms with E-state index >= 15 is 0 Å². The number of nitrogens with two attached hydrogens (primary N) is 3. The van der Waals surface area contributed by atoms with E-state index in [2.05, 4.69) is 20.9 Å². The van der Waals surface area contributed by atoms with E-state index in [9.17, 15) is 14.4 Å². The van der Waals surface area contributed by atoms with Gasteiger partial charge in [-0.2, -0.15) is 0 Å². The first-order chi connectivity index (χ1) is 6.84. The van der Waals surface area contributed by atoms with E-state index < -0.39 is 36.9 Å². The molecule has 0 fully saturated rings. The fraction of sp³-hybridized carbons (Fsp3) is 0.500. The summed E-state index contributed by atoms with van der Waals surface area (Å²) in [5.74, 6) is -1.16. The van der Waals surface area contributed by atoms with E-state index in [1.54, 1.807) is 0 Å². The van der Waals surface area contributed by atoms with Crippen molar-refractivity contribution in [3.63, 3.8) is 0 Å². The summed E-state index contributed by atoms with van der Waals surface area (Å²) in [5, 5.41) is 9.11. The Morgan fingerprint density at radius 1 is 1.13 bits per heavy atom. The van der Waals surface area contributed by atoms with Gasteiger partial charge in [0.2, 0.25) is 5.91 Å². The minimum Gasteiger partial charge on any atom is -0.446 e. The van der Waals surface area contributed by atoms with Gasteiger partial charge in [0.1, 0.15) is 6.61 Å². The Balaban J connectivity index is 4.36. The molecular weight excluding hydrogens is 210 g/mol. The Hall–Kier alpha value is -2.03. The van der Waals surface area contributed by atoms with Gasteiger partial charge in [-0.1, -0.05) is 0 Å². The van der Waals surface area contributed by atoms with Crippen LogP contribution in [0.15, 0.2) is 0 Å². The Labute approximate surface area is 84.1 Å². The molecule has 0 saturated carbocycles. The molecule has 0 heterocycles. The van der Waals surface area contributed by atoms with Gasteiger partial charge in [-0.05, 0) is 0 Å². The van der Waals surface area contributed by atoms with Crippen LogP contribution in [0.1, 0.15) is 0 Å². The summed E-state index contributed by atoms with van der Waals surface area (Å²) in [7, 11) is 0. The van der Waals surface area contributed by atoms with Crippen molar-refractivity contribution in [2.45, 2.75) is 12.2 Å². The predicted molar refractivity (Wildman–Crippen MR) is 45.2 cm³/mol. The van der Waals surface area contributed by atoms with Crippen LogP contribution < -0.4 is 17.2 Å². The highest BCUT2D eigenvalue weighted by molar-refractivity contribution is 5.79. The average Bonchev–Trinajstić information content (AvgIpc) is 2.10. The first kappa shape index (κ1) is 13.0. The van der Waals surface area contributed by atoms with Gasteiger partial charge in [0, 0.05) is 0 Å². The van der Waals surface area contributed by atoms with Crippen LogP contribution in [0.25, 0.3) is 0 Å². The van der Waals surface area contributed by atoms with Gasteiger partial charge in [-0.15, -0.1) is 0 Å². The smallest absolute Gasteiger partial charge is 0.405 e. The summed E-state index contributed by atoms with van der Waals surface area (Å²) >= 11 is 0. The van der Waals surface area contributed by atoms with Gasteiger partial charge < -0.3 is 31.8 Å². The van der Waals surface area contributed by atoms with Crippen LogP contribution in [-0.4, -0.2) is 42.0 Å². The first-order valence-electron chi connectivity index (χ1n) is 3.70. The summed E-state index contributed by atoms with van der Waals surface area (Å²) in [6, 6.07) is 0. The molecule has 15 heavy (non-hydrogen) atoms. The Bertz CT molecular complexity index is 268. The Morgan fingerprint density at radius 3 is 2.00 bits per heavy atom. The molecule has 9 nitrogen and oxygen atoms in total. The largest absolute Gasteiger partial charge is 0.446 e. The topological polar surface area (TPSA) is 168 Å². The van der Waals surface area contributed by atoms with Crippen LogP contribution in [0.4, 0.5) is 9.59 Å². The fourth-order valence-corrected chi connectivity index (χ4v) is 0.686. The van der Waals surface area contributed by atoms with Crippen molar-refractivity contribution in [3.05, 3.63) is 0 Å². The second-order valence-electron chi connectivity index (χ2n) is 2.45. The number of hydrogen-bond acceptors (Lipinski definition) is 6. The van der Waals surface area contributed by atoms with Crippen LogP contribution >= 0.6 is 0 Å². The zero-order chi connectivity index (χ0) is 12.0. The van der Waals surface area contributed by atoms with Crippen LogP contribution in [-0.2, 0) is 14.3 Å². The van der Waals surface area contributed by atoms with E-state index in [0.717, 1.165) is 0 Å². The molecule has 0 rings (SSSR count). The quantitative estimate of drug-likeness (QED) is 0.396. The lowest BCUT2D eigenvalue weighted by Crippen LogP contribution is -2.45. The molecule has 0 aliphatic rings. The van der Waals surface area contributed by atoms with Gasteiger partial charge >= 0.3 is 12.2 Å². The highest BCUT2D eigenvalue weighted by atomic mass is 16.6. The second kappa shape index (κ2) is 5.65. The standard InChI is InChI=1S/C6H11N3O6/c7-4(11)3(10)2(15-6(9)13)1-14-5(8)12/h2-3,10H,1H2,(H2,7,11)(H2,8,12)(H2,9,13). The lowest BCUT2D eigenvalue weighted by molar-refractivity contribution is -0.133. The molecule has 86 valence electrons. The van der Waals surface area contributed by atoms with E-state index in [4.69, 9.17) is 10.8 Å². The third-order valence-electron chi connectivity index (χ3n) is 1.30. The van der Waals surface area contributed by atoms with Crippen LogP contribution in [0.3, 0.4) is 0 Å². The highest BCUT2D eigenvalue weighted by Crippen LogP contribution is 2.00. The zero-order valence-electron chi connectivity index (χ0n) is 7.58. The van der Waals surface area contributed by atoms with Crippen molar-refractivity contribution in [2.24, 2.45) is 17.2 Å². The second-order valence-corrected chi connectivity index (χ2v) is 2.45. The molecule has 2 atom stereocenters. The number of aliphatic hydroxyl groups is 1. The fourth-order valence-electron chi connectivity index (χ4n) is 0.686. The van der Waals surface area contributed by atoms with Crippen LogP contribution in [0.2, 0.25) is 0 Å². The van der Waals surface area contributed by atoms with Gasteiger partial charge in [0.15, 0.2) is 12.2 Å². The summed E-state index contributed by atoms with van der Waals surface area (Å²) in [6.45, 7) is -0.623. The summed E-state index contributed by atoms with van der Waals surface area (Å²) in [5.41, 5.74) is 14.0. The first-order valence-corrected chi connectivity index (χ1v) is 3.70. The molecule has 0 radical (unpaired) electrons. The Kier molecular flexibility index (Phi) is 4.88. The maximum Gasteiger partial charge on any atom is 0.405 e. The lowest BCUT2D eigenvalue weighted by Gasteiger charge is -2.19. The summed E-state index contributed by atoms with van der Waals surface area (Å²) in [4.78, 5) is 31.1. The predicted octanol–water partition coefficient (Wildman–Crippen LogP) is -2.61. The maximum atomic E-state index is 10.5. The third-order valence-corrected chi connectivity index (χ3v) is 1.30. The molecule has 0 saturated heterocycles. The number of ether oxygens (including phenoxy) is 2. The van der Waals surface area contributed by atoms with Crippen molar-refractivity contribution < 1.29 is 29.0 Å². The Morgan fingerprint density at radius 2 is 1.67 bits per heavy atom. The molecule has 0 aliphatic heterocycles. The summed E-state index contributed by atoms with van der Waals surface area (Å²) in [6.07, 6.45) is -5.73. The number of hydrogen-bond donors (Lipinski definition) is 4. The minimum atomic E-state index is -1.84. The SMILES string of the molecule is NC(=O)OCC(OC(N)=O)C(O)C(N)=O. The highest BCUT2D eigenvalue weighted by Gasteiger charge is 2.28. The maximum absolute atomic E-state index is 10.5. The molecular formula is C6H11N3O6. The van der Waals surface area contributed by atoms with Crippen molar-refractivity contribution in [3.8, 4) is 0 Å². The van der Waals surface area contributed by atoms with E-state index in [0.29, 0.717) is 0 Å². The van der Waals surface area contributed by atoms with E-state index in [1.165, 1.54) is 0 Å². The van der Waals surface area contributed by atoms with E-state index in [-0.39, 0.29) is 0 Å². The average molecular weight is 221 g/mol. The molecule has 2 unspecified atom stereocenters. The van der Waals surface area contributed by atoms with Gasteiger partial charge in [-0.25, -0.2) is 9.59 Å². The van der Waals surface area contributed by atoms with Crippen molar-refractivity contribution in [1.29, 1.82) is 0 Å². The van der Waals surface area contributed by atoms with Gasteiger partial charge in [0.25, 0.3) is 0 Å². The molecule has 0 spiro atoms. The van der Waals surface area contributed by atoms with Crippen molar-refractivity contribution in [2.75, 3.05) is 6.61 Å². The monoisotopic (exact) mass is 221 g/mol. The number of aliphatic hydroxyl groups excluding tert-OH is 1. The number of amides is 3. The van der Waals surface area contributed by atoms with Gasteiger partial charge in [0.05, 0.1) is 0 Å². The minimum absolute atomic E-state index is 0.623. The molecule has 3 amide bonds. The van der Waals surface area contributed by atoms with Crippen LogP contribution in [0.5, 0.6) is 0 Å². The molecule has 0 bridgehead atoms. The lowest BCUT2D eigenvalue weighted by atomic mass is 10.2. The summed E-state index contributed by atoms with van der Waals surface area (Å²) < 4.78 is 8.49. The molecule has 9 heteroatoms. The molecule has 0 aromatic heterocycles. The van der Waals surface area contributed by atoms with Crippen molar-refractivity contribution >= 4 is 18.1 Å². The number of rotatable bonds is 5. The number of carbonyl (C=O) groups excluding carboxylic acids is 3. The van der Waals surface area contributed by atoms with Crippen molar-refractivity contribution in [1.82, 2.24) is 0 Å². The van der Waals surface area contributed by atoms with Gasteiger partial charge in [-0.3, -0.25) is 4.79 Å². The van der Waals surface area contributed by atoms with Crippen LogP contribution in [0, 0.1) is 0 Å². The zero-order valence-corrected chi connectivity index (χ0v) is 7.58. The number of primary amides is 3. The molecule has 0 aliphatic carbocycles.